The first-order valence-electron chi connectivity index (χ1n) is 6.00. The fourth-order valence-electron chi connectivity index (χ4n) is 1.71. The third-order valence-electron chi connectivity index (χ3n) is 3.12. The van der Waals surface area contributed by atoms with Gasteiger partial charge in [-0.3, -0.25) is 4.79 Å². The lowest BCUT2D eigenvalue weighted by Crippen LogP contribution is -2.64. The molecule has 0 aromatic rings. The fourth-order valence-corrected chi connectivity index (χ4v) is 4.21. The van der Waals surface area contributed by atoms with Crippen LogP contribution in [0.3, 0.4) is 0 Å². The number of amides is 1. The lowest BCUT2D eigenvalue weighted by molar-refractivity contribution is -0.118. The van der Waals surface area contributed by atoms with Gasteiger partial charge in [-0.15, -0.1) is 0 Å². The Kier molecular flexibility index (Phi) is 7.38. The largest absolute Gasteiger partial charge is 0.523 e. The average Bonchev–Trinajstić information content (AvgIpc) is 2.38. The molecule has 0 aliphatic heterocycles. The second-order valence-electron chi connectivity index (χ2n) is 4.33. The van der Waals surface area contributed by atoms with Crippen LogP contribution in [0, 0.1) is 5.92 Å². The van der Waals surface area contributed by atoms with Gasteiger partial charge in [0.05, 0.1) is 0 Å². The minimum absolute atomic E-state index is 0.180. The lowest BCUT2D eigenvalue weighted by atomic mass is 10.1. The topological polar surface area (TPSA) is 56.8 Å². The van der Waals surface area contributed by atoms with Crippen molar-refractivity contribution in [1.29, 1.82) is 0 Å². The van der Waals surface area contributed by atoms with Crippen LogP contribution in [-0.2, 0) is 18.1 Å². The van der Waals surface area contributed by atoms with E-state index in [2.05, 4.69) is 11.9 Å². The third-order valence-corrected chi connectivity index (χ3v) is 6.30. The van der Waals surface area contributed by atoms with Gasteiger partial charge in [-0.05, 0) is 12.8 Å². The van der Waals surface area contributed by atoms with Crippen molar-refractivity contribution >= 4 is 14.7 Å². The van der Waals surface area contributed by atoms with Gasteiger partial charge in [-0.25, -0.2) is 0 Å². The van der Waals surface area contributed by atoms with Gasteiger partial charge in [0, 0.05) is 26.9 Å². The molecular formula is C12H25NO4Si. The summed E-state index contributed by atoms with van der Waals surface area (Å²) in [4.78, 5) is 11.8. The third kappa shape index (κ3) is 3.91. The van der Waals surface area contributed by atoms with Crippen molar-refractivity contribution in [2.24, 2.45) is 5.92 Å². The van der Waals surface area contributed by atoms with Crippen LogP contribution in [0.2, 0.25) is 0 Å². The fraction of sp³-hybridized carbons (Fsp3) is 0.750. The molecule has 0 aliphatic carbocycles. The minimum Gasteiger partial charge on any atom is -0.376 e. The average molecular weight is 275 g/mol. The van der Waals surface area contributed by atoms with Crippen molar-refractivity contribution in [2.75, 3.05) is 21.3 Å². The Morgan fingerprint density at radius 3 is 2.00 bits per heavy atom. The second kappa shape index (κ2) is 7.68. The maximum atomic E-state index is 11.8. The number of carbonyl (C=O) groups excluding carboxylic acids is 1. The van der Waals surface area contributed by atoms with Crippen molar-refractivity contribution in [3.63, 3.8) is 0 Å². The van der Waals surface area contributed by atoms with Crippen molar-refractivity contribution in [2.45, 2.75) is 32.9 Å². The Bertz CT molecular complexity index is 284. The SMILES string of the molecule is C=C(C)C(=O)NC(C(C)CC)[Si](OC)(OC)OC. The highest BCUT2D eigenvalue weighted by molar-refractivity contribution is 6.62. The Morgan fingerprint density at radius 1 is 1.28 bits per heavy atom. The molecule has 0 rings (SSSR count). The van der Waals surface area contributed by atoms with Crippen LogP contribution in [0.1, 0.15) is 27.2 Å². The summed E-state index contributed by atoms with van der Waals surface area (Å²) in [6, 6.07) is 0. The van der Waals surface area contributed by atoms with Crippen LogP contribution >= 0.6 is 0 Å². The van der Waals surface area contributed by atoms with Gasteiger partial charge in [0.15, 0.2) is 0 Å². The molecule has 0 bridgehead atoms. The molecule has 2 unspecified atom stereocenters. The molecule has 0 saturated carbocycles. The van der Waals surface area contributed by atoms with E-state index in [0.717, 1.165) is 6.42 Å². The minimum atomic E-state index is -2.91. The first-order valence-corrected chi connectivity index (χ1v) is 7.80. The highest BCUT2D eigenvalue weighted by Crippen LogP contribution is 2.21. The molecule has 1 amide bonds. The highest BCUT2D eigenvalue weighted by Gasteiger charge is 2.50. The van der Waals surface area contributed by atoms with Gasteiger partial charge in [-0.1, -0.05) is 26.8 Å². The van der Waals surface area contributed by atoms with Crippen LogP contribution in [0.5, 0.6) is 0 Å². The summed E-state index contributed by atoms with van der Waals surface area (Å²) < 4.78 is 16.4. The molecule has 0 aliphatic rings. The summed E-state index contributed by atoms with van der Waals surface area (Å²) in [5.41, 5.74) is 0.168. The summed E-state index contributed by atoms with van der Waals surface area (Å²) in [7, 11) is 1.72. The Balaban J connectivity index is 5.20. The zero-order valence-corrected chi connectivity index (χ0v) is 13.2. The van der Waals surface area contributed by atoms with E-state index in [9.17, 15) is 4.79 Å². The molecule has 0 saturated heterocycles. The van der Waals surface area contributed by atoms with Crippen LogP contribution in [-0.4, -0.2) is 41.7 Å². The molecule has 2 atom stereocenters. The monoisotopic (exact) mass is 275 g/mol. The standard InChI is InChI=1S/C12H25NO4Si/c1-8-10(4)12(13-11(14)9(2)3)18(15-5,16-6)17-7/h10,12H,2,8H2,1,3-7H3,(H,13,14). The van der Waals surface area contributed by atoms with Gasteiger partial charge in [0.1, 0.15) is 5.67 Å². The molecule has 0 aromatic heterocycles. The molecule has 6 heteroatoms. The molecule has 1 N–H and O–H groups in total. The van der Waals surface area contributed by atoms with Crippen LogP contribution in [0.15, 0.2) is 12.2 Å². The van der Waals surface area contributed by atoms with Gasteiger partial charge >= 0.3 is 8.80 Å². The molecular weight excluding hydrogens is 250 g/mol. The molecule has 0 radical (unpaired) electrons. The van der Waals surface area contributed by atoms with Crippen molar-refractivity contribution in [1.82, 2.24) is 5.32 Å². The number of hydrogen-bond acceptors (Lipinski definition) is 4. The van der Waals surface area contributed by atoms with E-state index in [4.69, 9.17) is 13.3 Å². The van der Waals surface area contributed by atoms with Crippen LogP contribution < -0.4 is 5.32 Å². The maximum Gasteiger partial charge on any atom is 0.523 e. The Labute approximate surface area is 111 Å². The number of carbonyl (C=O) groups is 1. The number of nitrogens with one attached hydrogen (secondary N) is 1. The predicted octanol–water partition coefficient (Wildman–Crippen LogP) is 1.51. The van der Waals surface area contributed by atoms with Crippen molar-refractivity contribution < 1.29 is 18.1 Å². The number of hydrogen-bond donors (Lipinski definition) is 1. The highest BCUT2D eigenvalue weighted by atomic mass is 28.4. The first kappa shape index (κ1) is 17.3. The smallest absolute Gasteiger partial charge is 0.376 e. The Hall–Kier alpha value is -0.693. The van der Waals surface area contributed by atoms with Crippen LogP contribution in [0.4, 0.5) is 0 Å². The molecule has 0 aromatic carbocycles. The molecule has 0 spiro atoms. The number of rotatable bonds is 8. The van der Waals surface area contributed by atoms with Crippen molar-refractivity contribution in [3.05, 3.63) is 12.2 Å². The summed E-state index contributed by atoms with van der Waals surface area (Å²) in [6.45, 7) is 9.38. The molecule has 0 heterocycles. The Morgan fingerprint density at radius 2 is 1.72 bits per heavy atom. The van der Waals surface area contributed by atoms with Gasteiger partial charge < -0.3 is 18.6 Å². The summed E-state index contributed by atoms with van der Waals surface area (Å²) in [6.07, 6.45) is 0.881. The second-order valence-corrected chi connectivity index (χ2v) is 7.39. The molecule has 5 nitrogen and oxygen atoms in total. The molecule has 18 heavy (non-hydrogen) atoms. The predicted molar refractivity (Wildman–Crippen MR) is 73.0 cm³/mol. The van der Waals surface area contributed by atoms with E-state index in [1.807, 2.05) is 13.8 Å². The molecule has 106 valence electrons. The lowest BCUT2D eigenvalue weighted by Gasteiger charge is -2.36. The maximum absolute atomic E-state index is 11.8. The summed E-state index contributed by atoms with van der Waals surface area (Å²) in [5, 5.41) is 2.91. The first-order chi connectivity index (χ1) is 8.38. The van der Waals surface area contributed by atoms with E-state index in [0.29, 0.717) is 5.57 Å². The van der Waals surface area contributed by atoms with Crippen molar-refractivity contribution in [3.8, 4) is 0 Å². The van der Waals surface area contributed by atoms with Crippen LogP contribution in [0.25, 0.3) is 0 Å². The normalized spacial score (nSPS) is 15.0. The van der Waals surface area contributed by atoms with Gasteiger partial charge in [0.25, 0.3) is 0 Å². The summed E-state index contributed by atoms with van der Waals surface area (Å²) in [5.74, 6) is -0.0249. The quantitative estimate of drug-likeness (QED) is 0.539. The van der Waals surface area contributed by atoms with E-state index in [1.165, 1.54) is 0 Å². The van der Waals surface area contributed by atoms with E-state index >= 15 is 0 Å². The molecule has 0 fully saturated rings. The van der Waals surface area contributed by atoms with Gasteiger partial charge in [0.2, 0.25) is 5.91 Å². The van der Waals surface area contributed by atoms with E-state index < -0.39 is 8.80 Å². The zero-order chi connectivity index (χ0) is 14.3. The zero-order valence-electron chi connectivity index (χ0n) is 12.2. The van der Waals surface area contributed by atoms with E-state index in [-0.39, 0.29) is 17.5 Å². The summed E-state index contributed by atoms with van der Waals surface area (Å²) >= 11 is 0. The van der Waals surface area contributed by atoms with Gasteiger partial charge in [-0.2, -0.15) is 0 Å². The van der Waals surface area contributed by atoms with E-state index in [1.54, 1.807) is 28.3 Å².